The van der Waals surface area contributed by atoms with Crippen molar-refractivity contribution in [3.8, 4) is 12.3 Å². The summed E-state index contributed by atoms with van der Waals surface area (Å²) in [4.78, 5) is 24.9. The molecule has 0 bridgehead atoms. The number of nitrogens with two attached hydrogens (primary N) is 1. The number of methoxy groups -OCH3 is 1. The lowest BCUT2D eigenvalue weighted by Crippen LogP contribution is -2.26. The highest BCUT2D eigenvalue weighted by Gasteiger charge is 2.11. The zero-order chi connectivity index (χ0) is 15.8. The SMILES string of the molecule is C#Cc1cn(CCC(COC(=O)CN)OC)c(=S)[nH]c1=O. The summed E-state index contributed by atoms with van der Waals surface area (Å²) in [5, 5.41) is 0. The monoisotopic (exact) mass is 311 g/mol. The first kappa shape index (κ1) is 17.1. The second-order valence-corrected chi connectivity index (χ2v) is 4.56. The minimum Gasteiger partial charge on any atom is -0.462 e. The number of rotatable bonds is 7. The molecular formula is C13H17N3O4S. The Labute approximate surface area is 127 Å². The number of esters is 1. The fraction of sp³-hybridized carbons (Fsp3) is 0.462. The highest BCUT2D eigenvalue weighted by molar-refractivity contribution is 7.71. The van der Waals surface area contributed by atoms with E-state index in [0.29, 0.717) is 13.0 Å². The molecule has 21 heavy (non-hydrogen) atoms. The molecule has 0 saturated carbocycles. The second-order valence-electron chi connectivity index (χ2n) is 4.17. The van der Waals surface area contributed by atoms with Crippen LogP contribution >= 0.6 is 12.2 Å². The molecule has 0 spiro atoms. The van der Waals surface area contributed by atoms with Crippen LogP contribution in [-0.2, 0) is 20.8 Å². The van der Waals surface area contributed by atoms with Crippen LogP contribution < -0.4 is 11.3 Å². The molecule has 0 aliphatic carbocycles. The first-order valence-corrected chi connectivity index (χ1v) is 6.61. The van der Waals surface area contributed by atoms with Gasteiger partial charge in [0.05, 0.1) is 12.6 Å². The number of carbonyl (C=O) groups excluding carboxylic acids is 1. The third-order valence-corrected chi connectivity index (χ3v) is 3.13. The van der Waals surface area contributed by atoms with Crippen LogP contribution in [0.3, 0.4) is 0 Å². The first-order valence-electron chi connectivity index (χ1n) is 6.20. The Morgan fingerprint density at radius 3 is 2.95 bits per heavy atom. The van der Waals surface area contributed by atoms with Crippen molar-refractivity contribution in [3.05, 3.63) is 26.9 Å². The highest BCUT2D eigenvalue weighted by atomic mass is 32.1. The molecule has 7 nitrogen and oxygen atoms in total. The van der Waals surface area contributed by atoms with Crippen molar-refractivity contribution in [3.63, 3.8) is 0 Å². The Hall–Kier alpha value is -1.95. The predicted octanol–water partition coefficient (Wildman–Crippen LogP) is -0.206. The van der Waals surface area contributed by atoms with Gasteiger partial charge in [0.2, 0.25) is 0 Å². The summed E-state index contributed by atoms with van der Waals surface area (Å²) in [6, 6.07) is 0. The zero-order valence-electron chi connectivity index (χ0n) is 11.6. The standard InChI is InChI=1S/C13H17N3O4S/c1-3-9-7-16(13(21)15-12(9)18)5-4-10(19-2)8-20-11(17)6-14/h1,7,10H,4-6,8,14H2,2H3,(H,15,18,21). The molecular weight excluding hydrogens is 294 g/mol. The Balaban J connectivity index is 2.69. The van der Waals surface area contributed by atoms with Gasteiger partial charge in [-0.05, 0) is 18.6 Å². The molecule has 1 heterocycles. The summed E-state index contributed by atoms with van der Waals surface area (Å²) in [6.07, 6.45) is 6.97. The van der Waals surface area contributed by atoms with Gasteiger partial charge in [0, 0.05) is 19.9 Å². The van der Waals surface area contributed by atoms with Crippen molar-refractivity contribution in [1.82, 2.24) is 9.55 Å². The Kier molecular flexibility index (Phi) is 6.81. The van der Waals surface area contributed by atoms with Gasteiger partial charge >= 0.3 is 5.97 Å². The van der Waals surface area contributed by atoms with Gasteiger partial charge in [-0.3, -0.25) is 14.6 Å². The van der Waals surface area contributed by atoms with Crippen LogP contribution in [0.15, 0.2) is 11.0 Å². The Morgan fingerprint density at radius 1 is 1.67 bits per heavy atom. The number of nitrogens with zero attached hydrogens (tertiary/aromatic N) is 1. The molecule has 1 rings (SSSR count). The summed E-state index contributed by atoms with van der Waals surface area (Å²) < 4.78 is 12.0. The highest BCUT2D eigenvalue weighted by Crippen LogP contribution is 2.03. The lowest BCUT2D eigenvalue weighted by Gasteiger charge is -2.16. The number of hydrogen-bond donors (Lipinski definition) is 2. The largest absolute Gasteiger partial charge is 0.462 e. The van der Waals surface area contributed by atoms with Crippen LogP contribution in [0.1, 0.15) is 12.0 Å². The second kappa shape index (κ2) is 8.36. The van der Waals surface area contributed by atoms with E-state index in [0.717, 1.165) is 0 Å². The average Bonchev–Trinajstić information content (AvgIpc) is 2.48. The zero-order valence-corrected chi connectivity index (χ0v) is 12.4. The van der Waals surface area contributed by atoms with E-state index in [1.54, 1.807) is 4.57 Å². The molecule has 0 aromatic carbocycles. The summed E-state index contributed by atoms with van der Waals surface area (Å²) in [6.45, 7) is 0.390. The van der Waals surface area contributed by atoms with E-state index < -0.39 is 5.97 Å². The quantitative estimate of drug-likeness (QED) is 0.411. The smallest absolute Gasteiger partial charge is 0.319 e. The first-order chi connectivity index (χ1) is 10.0. The van der Waals surface area contributed by atoms with Gasteiger partial charge in [-0.15, -0.1) is 6.42 Å². The molecule has 1 aromatic rings. The summed E-state index contributed by atoms with van der Waals surface area (Å²) in [7, 11) is 1.51. The third-order valence-electron chi connectivity index (χ3n) is 2.79. The molecule has 1 unspecified atom stereocenters. The van der Waals surface area contributed by atoms with Gasteiger partial charge in [-0.1, -0.05) is 5.92 Å². The summed E-state index contributed by atoms with van der Waals surface area (Å²) in [5.74, 6) is 1.79. The van der Waals surface area contributed by atoms with E-state index in [-0.39, 0.29) is 35.1 Å². The molecule has 3 N–H and O–H groups in total. The number of terminal acetylenes is 1. The molecule has 8 heteroatoms. The van der Waals surface area contributed by atoms with Crippen LogP contribution in [0.4, 0.5) is 0 Å². The third kappa shape index (κ3) is 5.15. The number of H-pyrrole nitrogens is 1. The van der Waals surface area contributed by atoms with E-state index in [4.69, 9.17) is 33.8 Å². The lowest BCUT2D eigenvalue weighted by atomic mass is 10.2. The molecule has 1 aromatic heterocycles. The predicted molar refractivity (Wildman–Crippen MR) is 79.2 cm³/mol. The van der Waals surface area contributed by atoms with Crippen molar-refractivity contribution in [2.45, 2.75) is 19.1 Å². The van der Waals surface area contributed by atoms with Crippen molar-refractivity contribution in [2.24, 2.45) is 5.73 Å². The molecule has 0 amide bonds. The van der Waals surface area contributed by atoms with Gasteiger partial charge < -0.3 is 19.8 Å². The number of aromatic amines is 1. The molecule has 0 fully saturated rings. The van der Waals surface area contributed by atoms with Crippen molar-refractivity contribution < 1.29 is 14.3 Å². The van der Waals surface area contributed by atoms with Crippen LogP contribution in [-0.4, -0.2) is 41.9 Å². The van der Waals surface area contributed by atoms with E-state index in [9.17, 15) is 9.59 Å². The fourth-order valence-corrected chi connectivity index (χ4v) is 1.81. The lowest BCUT2D eigenvalue weighted by molar-refractivity contribution is -0.145. The summed E-state index contributed by atoms with van der Waals surface area (Å²) >= 11 is 5.06. The van der Waals surface area contributed by atoms with Crippen molar-refractivity contribution in [2.75, 3.05) is 20.3 Å². The summed E-state index contributed by atoms with van der Waals surface area (Å²) in [5.41, 5.74) is 4.96. The normalized spacial score (nSPS) is 11.7. The maximum Gasteiger partial charge on any atom is 0.319 e. The number of nitrogens with one attached hydrogen (secondary N) is 1. The van der Waals surface area contributed by atoms with Crippen molar-refractivity contribution in [1.29, 1.82) is 0 Å². The number of aromatic nitrogens is 2. The number of ether oxygens (including phenoxy) is 2. The van der Waals surface area contributed by atoms with E-state index in [1.807, 2.05) is 0 Å². The molecule has 114 valence electrons. The number of carbonyl (C=O) groups is 1. The van der Waals surface area contributed by atoms with E-state index in [2.05, 4.69) is 10.9 Å². The van der Waals surface area contributed by atoms with Crippen LogP contribution in [0, 0.1) is 17.1 Å². The molecule has 0 aliphatic rings. The van der Waals surface area contributed by atoms with Gasteiger partial charge in [0.1, 0.15) is 12.2 Å². The van der Waals surface area contributed by atoms with Crippen LogP contribution in [0.5, 0.6) is 0 Å². The molecule has 0 saturated heterocycles. The van der Waals surface area contributed by atoms with Gasteiger partial charge in [-0.25, -0.2) is 0 Å². The van der Waals surface area contributed by atoms with E-state index >= 15 is 0 Å². The Morgan fingerprint density at radius 2 is 2.38 bits per heavy atom. The number of aryl methyl sites for hydroxylation is 1. The molecule has 0 radical (unpaired) electrons. The minimum atomic E-state index is -0.493. The van der Waals surface area contributed by atoms with E-state index in [1.165, 1.54) is 13.3 Å². The fourth-order valence-electron chi connectivity index (χ4n) is 1.58. The number of hydrogen-bond acceptors (Lipinski definition) is 6. The van der Waals surface area contributed by atoms with Gasteiger partial charge in [-0.2, -0.15) is 0 Å². The maximum absolute atomic E-state index is 11.5. The average molecular weight is 311 g/mol. The topological polar surface area (TPSA) is 99.3 Å². The maximum atomic E-state index is 11.5. The van der Waals surface area contributed by atoms with Crippen molar-refractivity contribution >= 4 is 18.2 Å². The van der Waals surface area contributed by atoms with Gasteiger partial charge in [0.25, 0.3) is 5.56 Å². The van der Waals surface area contributed by atoms with Crippen LogP contribution in [0.2, 0.25) is 0 Å². The Bertz CT molecular complexity index is 644. The molecule has 1 atom stereocenters. The minimum absolute atomic E-state index is 0.102. The van der Waals surface area contributed by atoms with Crippen LogP contribution in [0.25, 0.3) is 0 Å². The molecule has 0 aliphatic heterocycles. The van der Waals surface area contributed by atoms with Gasteiger partial charge in [0.15, 0.2) is 4.77 Å².